The van der Waals surface area contributed by atoms with Gasteiger partial charge in [-0.3, -0.25) is 14.6 Å². The quantitative estimate of drug-likeness (QED) is 0.712. The molecule has 6 nitrogen and oxygen atoms in total. The number of benzene rings is 1. The van der Waals surface area contributed by atoms with Gasteiger partial charge in [-0.05, 0) is 50.6 Å². The molecule has 3 rings (SSSR count). The van der Waals surface area contributed by atoms with Crippen molar-refractivity contribution in [3.05, 3.63) is 53.0 Å². The number of hydrogen-bond acceptors (Lipinski definition) is 4. The molecule has 3 aromatic rings. The number of nitrogens with one attached hydrogen (secondary N) is 2. The summed E-state index contributed by atoms with van der Waals surface area (Å²) in [4.78, 5) is 31.8. The topological polar surface area (TPSA) is 84.1 Å². The first-order valence-electron chi connectivity index (χ1n) is 7.87. The first-order valence-corrected chi connectivity index (χ1v) is 7.87. The van der Waals surface area contributed by atoms with Crippen LogP contribution in [0.1, 0.15) is 39.0 Å². The number of nitrogens with zero attached hydrogens (tertiary/aromatic N) is 1. The van der Waals surface area contributed by atoms with Gasteiger partial charge in [0.2, 0.25) is 0 Å². The van der Waals surface area contributed by atoms with Crippen molar-refractivity contribution in [3.63, 3.8) is 0 Å². The normalized spacial score (nSPS) is 10.7. The minimum Gasteiger partial charge on any atom is -0.494 e. The second-order valence-corrected chi connectivity index (χ2v) is 5.85. The number of carbonyl (C=O) groups excluding carboxylic acids is 2. The molecule has 2 N–H and O–H groups in total. The highest BCUT2D eigenvalue weighted by Gasteiger charge is 2.20. The summed E-state index contributed by atoms with van der Waals surface area (Å²) in [7, 11) is 1.58. The molecule has 0 bridgehead atoms. The van der Waals surface area contributed by atoms with Crippen LogP contribution in [0.5, 0.6) is 5.75 Å². The smallest absolute Gasteiger partial charge is 0.272 e. The van der Waals surface area contributed by atoms with Crippen LogP contribution in [0.3, 0.4) is 0 Å². The Bertz CT molecular complexity index is 989. The van der Waals surface area contributed by atoms with Crippen molar-refractivity contribution < 1.29 is 14.3 Å². The molecule has 128 valence electrons. The van der Waals surface area contributed by atoms with Gasteiger partial charge in [0.05, 0.1) is 12.8 Å². The molecule has 0 fully saturated rings. The molecule has 0 atom stereocenters. The van der Waals surface area contributed by atoms with Crippen molar-refractivity contribution in [2.75, 3.05) is 12.4 Å². The highest BCUT2D eigenvalue weighted by Crippen LogP contribution is 2.30. The number of carbonyl (C=O) groups is 2. The number of fused-ring (bicyclic) bond motifs is 1. The van der Waals surface area contributed by atoms with Crippen molar-refractivity contribution in [2.24, 2.45) is 0 Å². The average molecular weight is 337 g/mol. The summed E-state index contributed by atoms with van der Waals surface area (Å²) in [6.45, 7) is 5.05. The number of aryl methyl sites for hydroxylation is 1. The third kappa shape index (κ3) is 2.87. The molecule has 0 saturated carbocycles. The molecule has 0 radical (unpaired) electrons. The fourth-order valence-electron chi connectivity index (χ4n) is 3.11. The average Bonchev–Trinajstić information content (AvgIpc) is 2.89. The molecule has 0 saturated heterocycles. The number of pyridine rings is 1. The molecule has 25 heavy (non-hydrogen) atoms. The van der Waals surface area contributed by atoms with Gasteiger partial charge in [0.25, 0.3) is 5.91 Å². The van der Waals surface area contributed by atoms with Gasteiger partial charge in [-0.25, -0.2) is 0 Å². The maximum atomic E-state index is 12.7. The van der Waals surface area contributed by atoms with Crippen LogP contribution in [-0.4, -0.2) is 28.8 Å². The summed E-state index contributed by atoms with van der Waals surface area (Å²) in [5.74, 6) is 0.271. The van der Waals surface area contributed by atoms with Gasteiger partial charge in [0.1, 0.15) is 17.0 Å². The summed E-state index contributed by atoms with van der Waals surface area (Å²) in [6.07, 6.45) is 1.67. The lowest BCUT2D eigenvalue weighted by atomic mass is 10.1. The van der Waals surface area contributed by atoms with E-state index < -0.39 is 0 Å². The van der Waals surface area contributed by atoms with Crippen molar-refractivity contribution in [3.8, 4) is 5.75 Å². The van der Waals surface area contributed by atoms with E-state index >= 15 is 0 Å². The molecule has 2 heterocycles. The Morgan fingerprint density at radius 2 is 1.96 bits per heavy atom. The largest absolute Gasteiger partial charge is 0.494 e. The number of ether oxygens (including phenoxy) is 1. The zero-order valence-corrected chi connectivity index (χ0v) is 14.6. The Labute approximate surface area is 145 Å². The predicted octanol–water partition coefficient (Wildman–Crippen LogP) is 3.64. The van der Waals surface area contributed by atoms with Crippen LogP contribution < -0.4 is 10.1 Å². The molecule has 0 aliphatic carbocycles. The maximum Gasteiger partial charge on any atom is 0.272 e. The second-order valence-electron chi connectivity index (χ2n) is 5.85. The van der Waals surface area contributed by atoms with Gasteiger partial charge >= 0.3 is 0 Å². The summed E-state index contributed by atoms with van der Waals surface area (Å²) < 4.78 is 5.32. The Morgan fingerprint density at radius 1 is 1.20 bits per heavy atom. The van der Waals surface area contributed by atoms with Gasteiger partial charge in [-0.15, -0.1) is 0 Å². The van der Waals surface area contributed by atoms with E-state index in [1.807, 2.05) is 6.07 Å². The molecule has 6 heteroatoms. The Kier molecular flexibility index (Phi) is 4.27. The van der Waals surface area contributed by atoms with E-state index in [9.17, 15) is 9.59 Å². The SMILES string of the molecule is COc1ccc(NC(=O)c2[nH]c(C)c(C(C)=O)c2C)c2cccnc12. The van der Waals surface area contributed by atoms with E-state index in [-0.39, 0.29) is 11.7 Å². The fourth-order valence-corrected chi connectivity index (χ4v) is 3.11. The lowest BCUT2D eigenvalue weighted by Crippen LogP contribution is -2.14. The predicted molar refractivity (Wildman–Crippen MR) is 96.5 cm³/mol. The highest BCUT2D eigenvalue weighted by atomic mass is 16.5. The van der Waals surface area contributed by atoms with E-state index in [0.29, 0.717) is 39.5 Å². The van der Waals surface area contributed by atoms with Crippen molar-refractivity contribution >= 4 is 28.3 Å². The van der Waals surface area contributed by atoms with E-state index in [1.165, 1.54) is 6.92 Å². The first kappa shape index (κ1) is 16.7. The number of aromatic amines is 1. The number of anilines is 1. The standard InChI is InChI=1S/C19H19N3O3/c1-10-16(12(3)23)11(2)21-17(10)19(24)22-14-7-8-15(25-4)18-13(14)6-5-9-20-18/h5-9,21H,1-4H3,(H,22,24). The minimum atomic E-state index is -0.302. The Morgan fingerprint density at radius 3 is 2.60 bits per heavy atom. The number of ketones is 1. The molecule has 0 aliphatic rings. The number of aromatic nitrogens is 2. The molecule has 0 unspecified atom stereocenters. The van der Waals surface area contributed by atoms with Crippen LogP contribution in [0.2, 0.25) is 0 Å². The molecule has 0 spiro atoms. The van der Waals surface area contributed by atoms with Crippen LogP contribution in [0.4, 0.5) is 5.69 Å². The van der Waals surface area contributed by atoms with E-state index in [1.54, 1.807) is 45.4 Å². The van der Waals surface area contributed by atoms with Crippen LogP contribution >= 0.6 is 0 Å². The van der Waals surface area contributed by atoms with Gasteiger partial charge in [-0.2, -0.15) is 0 Å². The third-order valence-corrected chi connectivity index (χ3v) is 4.22. The summed E-state index contributed by atoms with van der Waals surface area (Å²) in [6, 6.07) is 7.21. The van der Waals surface area contributed by atoms with Crippen LogP contribution in [0.25, 0.3) is 10.9 Å². The number of amides is 1. The van der Waals surface area contributed by atoms with Crippen LogP contribution in [-0.2, 0) is 0 Å². The number of H-pyrrole nitrogens is 1. The molecule has 0 aliphatic heterocycles. The minimum absolute atomic E-state index is 0.0654. The first-order chi connectivity index (χ1) is 11.9. The molecular formula is C19H19N3O3. The van der Waals surface area contributed by atoms with Gasteiger partial charge in [0.15, 0.2) is 5.78 Å². The van der Waals surface area contributed by atoms with Gasteiger partial charge in [-0.1, -0.05) is 0 Å². The Balaban J connectivity index is 2.01. The Hall–Kier alpha value is -3.15. The lowest BCUT2D eigenvalue weighted by Gasteiger charge is -2.11. The second kappa shape index (κ2) is 6.39. The van der Waals surface area contributed by atoms with E-state index in [0.717, 1.165) is 5.39 Å². The number of hydrogen-bond donors (Lipinski definition) is 2. The van der Waals surface area contributed by atoms with Gasteiger partial charge in [0, 0.05) is 22.8 Å². The van der Waals surface area contributed by atoms with E-state index in [2.05, 4.69) is 15.3 Å². The third-order valence-electron chi connectivity index (χ3n) is 4.22. The molecular weight excluding hydrogens is 318 g/mol. The van der Waals surface area contributed by atoms with Crippen LogP contribution in [0, 0.1) is 13.8 Å². The zero-order chi connectivity index (χ0) is 18.1. The molecule has 1 amide bonds. The van der Waals surface area contributed by atoms with E-state index in [4.69, 9.17) is 4.74 Å². The lowest BCUT2D eigenvalue weighted by molar-refractivity contribution is 0.101. The number of Topliss-reactive ketones (excluding diaryl/α,β-unsaturated/α-hetero) is 1. The molecule has 2 aromatic heterocycles. The number of rotatable bonds is 4. The van der Waals surface area contributed by atoms with Crippen molar-refractivity contribution in [2.45, 2.75) is 20.8 Å². The van der Waals surface area contributed by atoms with Crippen LogP contribution in [0.15, 0.2) is 30.5 Å². The van der Waals surface area contributed by atoms with Crippen molar-refractivity contribution in [1.82, 2.24) is 9.97 Å². The zero-order valence-electron chi connectivity index (χ0n) is 14.6. The fraction of sp³-hybridized carbons (Fsp3) is 0.211. The number of methoxy groups -OCH3 is 1. The maximum absolute atomic E-state index is 12.7. The summed E-state index contributed by atoms with van der Waals surface area (Å²) in [5.41, 5.74) is 3.59. The van der Waals surface area contributed by atoms with Gasteiger partial charge < -0.3 is 15.0 Å². The monoisotopic (exact) mass is 337 g/mol. The summed E-state index contributed by atoms with van der Waals surface area (Å²) >= 11 is 0. The molecule has 1 aromatic carbocycles. The summed E-state index contributed by atoms with van der Waals surface area (Å²) in [5, 5.41) is 3.68. The van der Waals surface area contributed by atoms with Crippen molar-refractivity contribution in [1.29, 1.82) is 0 Å². The highest BCUT2D eigenvalue weighted by molar-refractivity contribution is 6.11.